The molecule has 1 aliphatic rings. The first-order valence-electron chi connectivity index (χ1n) is 10.2. The fourth-order valence-corrected chi connectivity index (χ4v) is 3.77. The van der Waals surface area contributed by atoms with Crippen molar-refractivity contribution < 1.29 is 33.0 Å². The van der Waals surface area contributed by atoms with Crippen LogP contribution in [0.3, 0.4) is 0 Å². The maximum atomic E-state index is 12.4. The van der Waals surface area contributed by atoms with Crippen LogP contribution < -0.4 is 14.2 Å². The molecule has 7 heteroatoms. The molecule has 1 heterocycles. The van der Waals surface area contributed by atoms with E-state index in [1.807, 2.05) is 12.1 Å². The zero-order chi connectivity index (χ0) is 21.8. The molecule has 0 radical (unpaired) electrons. The molecule has 0 unspecified atom stereocenters. The maximum Gasteiger partial charge on any atom is 0.344 e. The molecule has 0 atom stereocenters. The number of benzene rings is 2. The Balaban J connectivity index is 1.34. The lowest BCUT2D eigenvalue weighted by Gasteiger charge is -2.10. The number of methoxy groups -OCH3 is 2. The predicted octanol–water partition coefficient (Wildman–Crippen LogP) is 4.13. The van der Waals surface area contributed by atoms with Gasteiger partial charge in [-0.15, -0.1) is 0 Å². The Labute approximate surface area is 179 Å². The number of hydrogen-bond donors (Lipinski definition) is 0. The van der Waals surface area contributed by atoms with Crippen LogP contribution in [0.5, 0.6) is 17.2 Å². The van der Waals surface area contributed by atoms with Crippen LogP contribution in [0.25, 0.3) is 11.0 Å². The third kappa shape index (κ3) is 4.50. The molecular formula is C24H24O7. The minimum Gasteiger partial charge on any atom is -0.497 e. The lowest BCUT2D eigenvalue weighted by Crippen LogP contribution is -2.19. The van der Waals surface area contributed by atoms with E-state index in [0.29, 0.717) is 22.8 Å². The number of carbonyl (C=O) groups excluding carboxylic acids is 2. The van der Waals surface area contributed by atoms with Crippen LogP contribution in [-0.4, -0.2) is 39.2 Å². The standard InChI is InChI=1S/C24H24O7/c1-27-15-7-9-18(23(12-15)28-2)20(25)13-30-24(26)14-29-16-8-10-22-19(11-16)17-5-3-4-6-21(17)31-22/h7-12H,3-6,13-14H2,1-2H3. The molecule has 162 valence electrons. The van der Waals surface area contributed by atoms with Gasteiger partial charge in [-0.05, 0) is 49.6 Å². The number of carbonyl (C=O) groups is 2. The van der Waals surface area contributed by atoms with Crippen LogP contribution in [0.1, 0.15) is 34.5 Å². The van der Waals surface area contributed by atoms with Crippen molar-refractivity contribution in [2.24, 2.45) is 0 Å². The average Bonchev–Trinajstić information content (AvgIpc) is 3.18. The molecule has 1 aromatic heterocycles. The van der Waals surface area contributed by atoms with Crippen LogP contribution in [0.4, 0.5) is 0 Å². The minimum absolute atomic E-state index is 0.293. The number of aryl methyl sites for hydroxylation is 2. The van der Waals surface area contributed by atoms with E-state index in [9.17, 15) is 9.59 Å². The smallest absolute Gasteiger partial charge is 0.344 e. The van der Waals surface area contributed by atoms with Gasteiger partial charge in [0.15, 0.2) is 13.2 Å². The highest BCUT2D eigenvalue weighted by Crippen LogP contribution is 2.34. The van der Waals surface area contributed by atoms with Crippen LogP contribution >= 0.6 is 0 Å². The summed E-state index contributed by atoms with van der Waals surface area (Å²) in [6, 6.07) is 10.3. The normalized spacial score (nSPS) is 12.8. The molecule has 3 aromatic rings. The molecule has 0 spiro atoms. The molecule has 4 rings (SSSR count). The second kappa shape index (κ2) is 9.12. The highest BCUT2D eigenvalue weighted by Gasteiger charge is 2.19. The van der Waals surface area contributed by atoms with Gasteiger partial charge in [-0.1, -0.05) is 0 Å². The largest absolute Gasteiger partial charge is 0.497 e. The summed E-state index contributed by atoms with van der Waals surface area (Å²) in [5, 5.41) is 1.03. The number of esters is 1. The summed E-state index contributed by atoms with van der Waals surface area (Å²) in [6.45, 7) is -0.697. The van der Waals surface area contributed by atoms with Crippen LogP contribution in [0, 0.1) is 0 Å². The Morgan fingerprint density at radius 3 is 2.55 bits per heavy atom. The number of rotatable bonds is 8. The molecule has 0 N–H and O–H groups in total. The van der Waals surface area contributed by atoms with Gasteiger partial charge in [0.1, 0.15) is 28.6 Å². The Hall–Kier alpha value is -3.48. The van der Waals surface area contributed by atoms with E-state index in [1.54, 1.807) is 24.3 Å². The highest BCUT2D eigenvalue weighted by molar-refractivity contribution is 6.00. The van der Waals surface area contributed by atoms with E-state index in [2.05, 4.69) is 0 Å². The quantitative estimate of drug-likeness (QED) is 0.397. The summed E-state index contributed by atoms with van der Waals surface area (Å²) in [4.78, 5) is 24.5. The Kier molecular flexibility index (Phi) is 6.11. The molecule has 2 aromatic carbocycles. The second-order valence-corrected chi connectivity index (χ2v) is 7.31. The fourth-order valence-electron chi connectivity index (χ4n) is 3.77. The molecule has 31 heavy (non-hydrogen) atoms. The first kappa shape index (κ1) is 20.8. The molecular weight excluding hydrogens is 400 g/mol. The number of Topliss-reactive ketones (excluding diaryl/α,β-unsaturated/α-hetero) is 1. The summed E-state index contributed by atoms with van der Waals surface area (Å²) < 4.78 is 26.9. The third-order valence-electron chi connectivity index (χ3n) is 5.36. The molecule has 0 bridgehead atoms. The van der Waals surface area contributed by atoms with Gasteiger partial charge in [-0.2, -0.15) is 0 Å². The summed E-state index contributed by atoms with van der Waals surface area (Å²) >= 11 is 0. The summed E-state index contributed by atoms with van der Waals surface area (Å²) in [7, 11) is 2.98. The molecule has 0 saturated carbocycles. The maximum absolute atomic E-state index is 12.4. The van der Waals surface area contributed by atoms with Gasteiger partial charge >= 0.3 is 5.97 Å². The first-order valence-corrected chi connectivity index (χ1v) is 10.2. The molecule has 0 aliphatic heterocycles. The van der Waals surface area contributed by atoms with E-state index in [-0.39, 0.29) is 12.4 Å². The highest BCUT2D eigenvalue weighted by atomic mass is 16.6. The van der Waals surface area contributed by atoms with Crippen molar-refractivity contribution in [2.45, 2.75) is 25.7 Å². The van der Waals surface area contributed by atoms with Gasteiger partial charge in [-0.3, -0.25) is 4.79 Å². The number of hydrogen-bond acceptors (Lipinski definition) is 7. The fraction of sp³-hybridized carbons (Fsp3) is 0.333. The zero-order valence-electron chi connectivity index (χ0n) is 17.6. The summed E-state index contributed by atoms with van der Waals surface area (Å²) in [5.41, 5.74) is 2.38. The van der Waals surface area contributed by atoms with Crippen LogP contribution in [0.15, 0.2) is 40.8 Å². The SMILES string of the molecule is COc1ccc(C(=O)COC(=O)COc2ccc3oc4c(c3c2)CCCC4)c(OC)c1. The second-order valence-electron chi connectivity index (χ2n) is 7.31. The van der Waals surface area contributed by atoms with Crippen molar-refractivity contribution in [1.82, 2.24) is 0 Å². The van der Waals surface area contributed by atoms with E-state index in [0.717, 1.165) is 42.4 Å². The van der Waals surface area contributed by atoms with Crippen molar-refractivity contribution in [2.75, 3.05) is 27.4 Å². The lowest BCUT2D eigenvalue weighted by atomic mass is 9.96. The number of furan rings is 1. The predicted molar refractivity (Wildman–Crippen MR) is 113 cm³/mol. The van der Waals surface area contributed by atoms with Gasteiger partial charge in [0, 0.05) is 23.4 Å². The first-order chi connectivity index (χ1) is 15.1. The van der Waals surface area contributed by atoms with Gasteiger partial charge in [0.2, 0.25) is 5.78 Å². The lowest BCUT2D eigenvalue weighted by molar-refractivity contribution is -0.144. The van der Waals surface area contributed by atoms with E-state index in [1.165, 1.54) is 19.8 Å². The van der Waals surface area contributed by atoms with Crippen molar-refractivity contribution in [3.05, 3.63) is 53.3 Å². The molecule has 0 saturated heterocycles. The van der Waals surface area contributed by atoms with Gasteiger partial charge in [0.25, 0.3) is 0 Å². The average molecular weight is 424 g/mol. The van der Waals surface area contributed by atoms with Crippen LogP contribution in [-0.2, 0) is 22.4 Å². The summed E-state index contributed by atoms with van der Waals surface area (Å²) in [6.07, 6.45) is 4.24. The number of fused-ring (bicyclic) bond motifs is 3. The van der Waals surface area contributed by atoms with E-state index in [4.69, 9.17) is 23.4 Å². The minimum atomic E-state index is -0.629. The number of ketones is 1. The van der Waals surface area contributed by atoms with Gasteiger partial charge in [-0.25, -0.2) is 4.79 Å². The Morgan fingerprint density at radius 1 is 0.935 bits per heavy atom. The molecule has 1 aliphatic carbocycles. The third-order valence-corrected chi connectivity index (χ3v) is 5.36. The van der Waals surface area contributed by atoms with Crippen molar-refractivity contribution >= 4 is 22.7 Å². The Morgan fingerprint density at radius 2 is 1.74 bits per heavy atom. The Bertz CT molecular complexity index is 1110. The molecule has 0 fully saturated rings. The topological polar surface area (TPSA) is 84.2 Å². The van der Waals surface area contributed by atoms with Crippen molar-refractivity contribution in [3.8, 4) is 17.2 Å². The van der Waals surface area contributed by atoms with E-state index >= 15 is 0 Å². The number of ether oxygens (including phenoxy) is 4. The molecule has 0 amide bonds. The zero-order valence-corrected chi connectivity index (χ0v) is 17.6. The summed E-state index contributed by atoms with van der Waals surface area (Å²) in [5.74, 6) is 1.52. The monoisotopic (exact) mass is 424 g/mol. The van der Waals surface area contributed by atoms with Gasteiger partial charge < -0.3 is 23.4 Å². The van der Waals surface area contributed by atoms with Crippen LogP contribution in [0.2, 0.25) is 0 Å². The van der Waals surface area contributed by atoms with Crippen molar-refractivity contribution in [1.29, 1.82) is 0 Å². The molecule has 7 nitrogen and oxygen atoms in total. The van der Waals surface area contributed by atoms with Crippen molar-refractivity contribution in [3.63, 3.8) is 0 Å². The van der Waals surface area contributed by atoms with E-state index < -0.39 is 12.6 Å². The van der Waals surface area contributed by atoms with Gasteiger partial charge in [0.05, 0.1) is 19.8 Å².